The van der Waals surface area contributed by atoms with Gasteiger partial charge >= 0.3 is 0 Å². The number of thiophene rings is 1. The van der Waals surface area contributed by atoms with Crippen LogP contribution >= 0.6 is 11.3 Å². The number of aromatic nitrogens is 1. The highest BCUT2D eigenvalue weighted by molar-refractivity contribution is 7.33. The Labute approximate surface area is 363 Å². The zero-order valence-corrected chi connectivity index (χ0v) is 38.6. The van der Waals surface area contributed by atoms with Gasteiger partial charge in [-0.2, -0.15) is 0 Å². The van der Waals surface area contributed by atoms with E-state index in [-0.39, 0.29) is 33.8 Å². The number of ether oxygens (including phenoxy) is 1. The lowest BCUT2D eigenvalue weighted by Gasteiger charge is -2.72. The minimum absolute atomic E-state index is 0.0351. The molecular weight excluding hydrogens is 747 g/mol. The van der Waals surface area contributed by atoms with Gasteiger partial charge in [0.15, 0.2) is 0 Å². The zero-order chi connectivity index (χ0) is 41.2. The molecule has 7 saturated carbocycles. The fraction of sp³-hybridized carbons (Fsp3) is 0.545. The van der Waals surface area contributed by atoms with Crippen LogP contribution in [-0.4, -0.2) is 11.7 Å². The molecule has 8 aliphatic carbocycles. The topological polar surface area (TPSA) is 25.4 Å². The van der Waals surface area contributed by atoms with Gasteiger partial charge in [0, 0.05) is 37.5 Å². The van der Waals surface area contributed by atoms with Crippen LogP contribution < -0.4 is 25.3 Å². The van der Waals surface area contributed by atoms with Crippen molar-refractivity contribution in [2.45, 2.75) is 148 Å². The van der Waals surface area contributed by atoms with Crippen LogP contribution in [0.2, 0.25) is 0 Å². The molecule has 0 spiro atoms. The van der Waals surface area contributed by atoms with Crippen LogP contribution in [0, 0.1) is 41.4 Å². The average Bonchev–Trinajstić information content (AvgIpc) is 3.58. The molecule has 3 aromatic carbocycles. The Hall–Kier alpha value is -3.57. The van der Waals surface area contributed by atoms with Crippen LogP contribution in [0.3, 0.4) is 0 Å². The van der Waals surface area contributed by atoms with Crippen molar-refractivity contribution in [3.63, 3.8) is 0 Å². The van der Waals surface area contributed by atoms with Crippen LogP contribution in [0.1, 0.15) is 149 Å². The van der Waals surface area contributed by atoms with E-state index in [0.29, 0.717) is 0 Å². The smallest absolute Gasteiger partial charge is 0.271 e. The molecule has 0 N–H and O–H groups in total. The average molecular weight is 811 g/mol. The second-order valence-electron chi connectivity index (χ2n) is 24.8. The van der Waals surface area contributed by atoms with E-state index in [2.05, 4.69) is 135 Å². The lowest BCUT2D eigenvalue weighted by atomic mass is 9.32. The highest BCUT2D eigenvalue weighted by atomic mass is 32.1. The largest absolute Gasteiger partial charge is 0.458 e. The molecule has 0 saturated heterocycles. The van der Waals surface area contributed by atoms with E-state index in [0.717, 1.165) is 58.7 Å². The molecule has 15 rings (SSSR count). The molecule has 0 atom stereocenters. The Morgan fingerprint density at radius 3 is 1.87 bits per heavy atom. The highest BCUT2D eigenvalue weighted by Gasteiger charge is 2.68. The van der Waals surface area contributed by atoms with Gasteiger partial charge in [-0.3, -0.25) is 4.90 Å². The summed E-state index contributed by atoms with van der Waals surface area (Å²) in [5.41, 5.74) is 12.7. The van der Waals surface area contributed by atoms with Crippen LogP contribution in [0.25, 0.3) is 10.1 Å². The van der Waals surface area contributed by atoms with Crippen molar-refractivity contribution < 1.29 is 4.74 Å². The Kier molecular flexibility index (Phi) is 7.11. The van der Waals surface area contributed by atoms with Crippen molar-refractivity contribution in [3.05, 3.63) is 88.6 Å². The summed E-state index contributed by atoms with van der Waals surface area (Å²) in [6, 6.07) is 24.5. The van der Waals surface area contributed by atoms with Gasteiger partial charge < -0.3 is 4.74 Å². The van der Waals surface area contributed by atoms with Crippen molar-refractivity contribution in [1.29, 1.82) is 0 Å². The summed E-state index contributed by atoms with van der Waals surface area (Å²) in [6.45, 7) is 24.0. The molecule has 10 aliphatic rings. The molecule has 8 bridgehead atoms. The lowest BCUT2D eigenvalue weighted by Crippen LogP contribution is -2.66. The standard InChI is InChI=1S/C55H63BN2OS/c1-51(2,3)30-11-14-32(15-12-30)58-48-36-22-31(52(4,5)6)13-16-45(36)60-49(48)56-42-23-40-41(54(9,10)18-17-53(40,7)8)24-43(42)59-44-25-46(57-50(58)47(44)56)55-26-37-33-19-29-20-34(37)39(28-55)35(21-29)38(33)27-55/h11-16,22-25,29,33-35,37-39H,17-21,26-28H2,1-10H3/t29?,33-,34-,35?,37?,38?,39?,55-/m1/s1. The third kappa shape index (κ3) is 4.83. The minimum Gasteiger partial charge on any atom is -0.458 e. The third-order valence-electron chi connectivity index (χ3n) is 18.6. The Morgan fingerprint density at radius 2 is 1.27 bits per heavy atom. The molecule has 5 heteroatoms. The van der Waals surface area contributed by atoms with Gasteiger partial charge in [0.25, 0.3) is 6.71 Å². The molecule has 4 heterocycles. The van der Waals surface area contributed by atoms with Crippen LogP contribution in [0.15, 0.2) is 60.7 Å². The second kappa shape index (κ2) is 11.5. The summed E-state index contributed by atoms with van der Waals surface area (Å²) < 4.78 is 10.3. The van der Waals surface area contributed by atoms with E-state index >= 15 is 0 Å². The fourth-order valence-corrected chi connectivity index (χ4v) is 16.8. The predicted octanol–water partition coefficient (Wildman–Crippen LogP) is 12.6. The maximum Gasteiger partial charge on any atom is 0.271 e. The number of rotatable bonds is 2. The molecule has 3 nitrogen and oxygen atoms in total. The molecular formula is C55H63BN2OS. The predicted molar refractivity (Wildman–Crippen MR) is 252 cm³/mol. The minimum atomic E-state index is 0.0351. The zero-order valence-electron chi connectivity index (χ0n) is 37.8. The van der Waals surface area contributed by atoms with Crippen LogP contribution in [0.4, 0.5) is 17.2 Å². The number of pyridine rings is 1. The maximum atomic E-state index is 7.50. The molecule has 60 heavy (non-hydrogen) atoms. The van der Waals surface area contributed by atoms with Gasteiger partial charge in [0.05, 0.1) is 11.4 Å². The van der Waals surface area contributed by atoms with Gasteiger partial charge in [-0.15, -0.1) is 11.3 Å². The van der Waals surface area contributed by atoms with Crippen molar-refractivity contribution in [1.82, 2.24) is 4.98 Å². The molecule has 308 valence electrons. The van der Waals surface area contributed by atoms with Gasteiger partial charge in [0.1, 0.15) is 17.3 Å². The van der Waals surface area contributed by atoms with E-state index < -0.39 is 0 Å². The number of nitrogens with zero attached hydrogens (tertiary/aromatic N) is 2. The number of fused-ring (bicyclic) bond motifs is 7. The summed E-state index contributed by atoms with van der Waals surface area (Å²) in [6.07, 6.45) is 10.9. The summed E-state index contributed by atoms with van der Waals surface area (Å²) >= 11 is 2.00. The number of benzene rings is 3. The number of hydrogen-bond acceptors (Lipinski definition) is 4. The van der Waals surface area contributed by atoms with Gasteiger partial charge in [-0.25, -0.2) is 4.98 Å². The van der Waals surface area contributed by atoms with Crippen molar-refractivity contribution in [2.75, 3.05) is 4.90 Å². The molecule has 2 aliphatic heterocycles. The van der Waals surface area contributed by atoms with E-state index in [4.69, 9.17) is 9.72 Å². The van der Waals surface area contributed by atoms with Crippen molar-refractivity contribution in [2.24, 2.45) is 41.4 Å². The van der Waals surface area contributed by atoms with Crippen LogP contribution in [0.5, 0.6) is 11.5 Å². The monoisotopic (exact) mass is 810 g/mol. The molecule has 2 aromatic heterocycles. The first-order valence-corrected chi connectivity index (χ1v) is 24.6. The third-order valence-corrected chi connectivity index (χ3v) is 19.8. The molecule has 0 unspecified atom stereocenters. The van der Waals surface area contributed by atoms with E-state index in [1.807, 2.05) is 11.3 Å². The quantitative estimate of drug-likeness (QED) is 0.163. The number of anilines is 3. The lowest BCUT2D eigenvalue weighted by molar-refractivity contribution is -0.213. The Balaban J connectivity index is 1.09. The molecule has 7 fully saturated rings. The van der Waals surface area contributed by atoms with E-state index in [1.165, 1.54) is 116 Å². The van der Waals surface area contributed by atoms with E-state index in [1.54, 1.807) is 0 Å². The summed E-state index contributed by atoms with van der Waals surface area (Å²) in [7, 11) is 0. The SMILES string of the molecule is CC(C)(C)c1ccc(N2c3nc([C@]45CC6C7CC8C[C@@H]6C(C4)[C@@H](C8)C7C5)cc4c3B(c3cc5c(cc3O4)C(C)(C)CCC5(C)C)c3sc4ccc(C(C)(C)C)cc4c32)cc1. The van der Waals surface area contributed by atoms with Crippen LogP contribution in [-0.2, 0) is 27.1 Å². The number of hydrogen-bond donors (Lipinski definition) is 0. The Morgan fingerprint density at radius 1 is 0.683 bits per heavy atom. The van der Waals surface area contributed by atoms with Crippen molar-refractivity contribution >= 4 is 61.0 Å². The first-order valence-electron chi connectivity index (χ1n) is 23.8. The molecule has 5 aromatic rings. The normalized spacial score (nSPS) is 31.9. The van der Waals surface area contributed by atoms with Gasteiger partial charge in [0.2, 0.25) is 0 Å². The second-order valence-corrected chi connectivity index (χ2v) is 25.9. The maximum absolute atomic E-state index is 7.50. The molecule has 0 radical (unpaired) electrons. The van der Waals surface area contributed by atoms with E-state index in [9.17, 15) is 0 Å². The summed E-state index contributed by atoms with van der Waals surface area (Å²) in [4.78, 5) is 8.78. The van der Waals surface area contributed by atoms with Gasteiger partial charge in [-0.1, -0.05) is 93.5 Å². The van der Waals surface area contributed by atoms with Gasteiger partial charge in [-0.05, 0) is 173 Å². The molecule has 0 amide bonds. The summed E-state index contributed by atoms with van der Waals surface area (Å²) in [5.74, 6) is 9.84. The summed E-state index contributed by atoms with van der Waals surface area (Å²) in [5, 5.41) is 1.36. The van der Waals surface area contributed by atoms with Crippen molar-refractivity contribution in [3.8, 4) is 11.5 Å². The Bertz CT molecular complexity index is 2630. The first kappa shape index (κ1) is 37.0. The fourth-order valence-electron chi connectivity index (χ4n) is 15.5. The first-order chi connectivity index (χ1) is 28.4. The highest BCUT2D eigenvalue weighted by Crippen LogP contribution is 2.74.